The van der Waals surface area contributed by atoms with Gasteiger partial charge in [-0.1, -0.05) is 26.0 Å². The van der Waals surface area contributed by atoms with Crippen molar-refractivity contribution < 1.29 is 13.2 Å². The lowest BCUT2D eigenvalue weighted by Crippen LogP contribution is -2.24. The number of hydrogen-bond acceptors (Lipinski definition) is 2. The van der Waals surface area contributed by atoms with E-state index in [0.29, 0.717) is 0 Å². The summed E-state index contributed by atoms with van der Waals surface area (Å²) in [6.45, 7) is 4.97. The molecule has 1 N–H and O–H groups in total. The highest BCUT2D eigenvalue weighted by atomic mass is 32.2. The van der Waals surface area contributed by atoms with Gasteiger partial charge in [-0.3, -0.25) is 0 Å². The van der Waals surface area contributed by atoms with Crippen LogP contribution >= 0.6 is 11.8 Å². The molecule has 0 aliphatic rings. The monoisotopic (exact) mass is 305 g/mol. The van der Waals surface area contributed by atoms with Crippen molar-refractivity contribution in [3.05, 3.63) is 35.4 Å². The topological polar surface area (TPSA) is 12.0 Å². The molecule has 0 aliphatic carbocycles. The Balaban J connectivity index is 2.83. The summed E-state index contributed by atoms with van der Waals surface area (Å²) in [6.07, 6.45) is -2.23. The maximum absolute atomic E-state index is 12.8. The first-order valence-electron chi connectivity index (χ1n) is 6.97. The van der Waals surface area contributed by atoms with Crippen LogP contribution < -0.4 is 5.32 Å². The van der Waals surface area contributed by atoms with Crippen molar-refractivity contribution in [1.82, 2.24) is 5.32 Å². The third-order valence-corrected chi connectivity index (χ3v) is 4.16. The Morgan fingerprint density at radius 1 is 1.20 bits per heavy atom. The zero-order valence-corrected chi connectivity index (χ0v) is 12.8. The van der Waals surface area contributed by atoms with Gasteiger partial charge in [-0.05, 0) is 42.8 Å². The van der Waals surface area contributed by atoms with E-state index in [2.05, 4.69) is 19.2 Å². The maximum atomic E-state index is 12.8. The second kappa shape index (κ2) is 8.57. The molecule has 1 unspecified atom stereocenters. The highest BCUT2D eigenvalue weighted by Gasteiger charge is 2.30. The molecule has 1 aromatic rings. The predicted molar refractivity (Wildman–Crippen MR) is 80.1 cm³/mol. The molecule has 0 saturated heterocycles. The molecule has 5 heteroatoms. The molecule has 20 heavy (non-hydrogen) atoms. The molecule has 1 aromatic carbocycles. The standard InChI is InChI=1S/C15H22F3NS/c1-3-8-19-14(11-20-9-4-2)12-6-5-7-13(10-12)15(16,17)18/h5-7,10,14,19H,3-4,8-9,11H2,1-2H3. The van der Waals surface area contributed by atoms with E-state index in [1.165, 1.54) is 12.1 Å². The molecule has 1 nitrogen and oxygen atoms in total. The summed E-state index contributed by atoms with van der Waals surface area (Å²) in [5.41, 5.74) is 0.149. The fourth-order valence-corrected chi connectivity index (χ4v) is 2.87. The van der Waals surface area contributed by atoms with Gasteiger partial charge in [0.05, 0.1) is 5.56 Å². The van der Waals surface area contributed by atoms with Crippen molar-refractivity contribution in [2.24, 2.45) is 0 Å². The summed E-state index contributed by atoms with van der Waals surface area (Å²) >= 11 is 1.78. The van der Waals surface area contributed by atoms with Gasteiger partial charge in [-0.2, -0.15) is 24.9 Å². The van der Waals surface area contributed by atoms with Gasteiger partial charge in [0.15, 0.2) is 0 Å². The Kier molecular flexibility index (Phi) is 7.45. The van der Waals surface area contributed by atoms with Gasteiger partial charge in [0.1, 0.15) is 0 Å². The quantitative estimate of drug-likeness (QED) is 0.686. The lowest BCUT2D eigenvalue weighted by atomic mass is 10.0. The number of benzene rings is 1. The minimum Gasteiger partial charge on any atom is -0.309 e. The minimum absolute atomic E-state index is 0.0196. The zero-order valence-electron chi connectivity index (χ0n) is 12.0. The first kappa shape index (κ1) is 17.4. The van der Waals surface area contributed by atoms with Crippen molar-refractivity contribution in [3.63, 3.8) is 0 Å². The van der Waals surface area contributed by atoms with Crippen LogP contribution in [0.25, 0.3) is 0 Å². The van der Waals surface area contributed by atoms with Crippen molar-refractivity contribution in [3.8, 4) is 0 Å². The van der Waals surface area contributed by atoms with Crippen LogP contribution in [-0.4, -0.2) is 18.1 Å². The van der Waals surface area contributed by atoms with Crippen LogP contribution in [0.3, 0.4) is 0 Å². The van der Waals surface area contributed by atoms with E-state index in [9.17, 15) is 13.2 Å². The molecule has 0 aliphatic heterocycles. The summed E-state index contributed by atoms with van der Waals surface area (Å²) in [5.74, 6) is 1.83. The van der Waals surface area contributed by atoms with E-state index < -0.39 is 11.7 Å². The second-order valence-electron chi connectivity index (χ2n) is 4.70. The molecule has 0 radical (unpaired) electrons. The molecule has 0 spiro atoms. The average Bonchev–Trinajstić information content (AvgIpc) is 2.42. The molecule has 0 bridgehead atoms. The number of thioether (sulfide) groups is 1. The highest BCUT2D eigenvalue weighted by Crippen LogP contribution is 2.31. The molecule has 1 rings (SSSR count). The van der Waals surface area contributed by atoms with E-state index in [1.807, 2.05) is 0 Å². The summed E-state index contributed by atoms with van der Waals surface area (Å²) in [7, 11) is 0. The van der Waals surface area contributed by atoms with Crippen LogP contribution in [0.4, 0.5) is 13.2 Å². The largest absolute Gasteiger partial charge is 0.416 e. The molecular formula is C15H22F3NS. The third kappa shape index (κ3) is 5.75. The third-order valence-electron chi connectivity index (χ3n) is 2.89. The molecule has 0 aromatic heterocycles. The molecule has 1 atom stereocenters. The number of rotatable bonds is 8. The van der Waals surface area contributed by atoms with Crippen molar-refractivity contribution in [1.29, 1.82) is 0 Å². The molecule has 114 valence electrons. The van der Waals surface area contributed by atoms with Crippen LogP contribution in [0.2, 0.25) is 0 Å². The first-order chi connectivity index (χ1) is 9.49. The van der Waals surface area contributed by atoms with E-state index >= 15 is 0 Å². The SMILES string of the molecule is CCCNC(CSCCC)c1cccc(C(F)(F)F)c1. The summed E-state index contributed by atoms with van der Waals surface area (Å²) in [4.78, 5) is 0. The Labute approximate surface area is 123 Å². The fourth-order valence-electron chi connectivity index (χ4n) is 1.87. The number of hydrogen-bond donors (Lipinski definition) is 1. The predicted octanol–water partition coefficient (Wildman–Crippen LogP) is 4.89. The van der Waals surface area contributed by atoms with Crippen LogP contribution in [0.15, 0.2) is 24.3 Å². The second-order valence-corrected chi connectivity index (χ2v) is 5.85. The normalized spacial score (nSPS) is 13.4. The van der Waals surface area contributed by atoms with Crippen molar-refractivity contribution in [2.75, 3.05) is 18.1 Å². The van der Waals surface area contributed by atoms with Gasteiger partial charge >= 0.3 is 6.18 Å². The Morgan fingerprint density at radius 3 is 2.55 bits per heavy atom. The molecule has 0 fully saturated rings. The zero-order chi connectivity index (χ0) is 15.0. The Hall–Kier alpha value is -0.680. The molecule has 0 amide bonds. The lowest BCUT2D eigenvalue weighted by molar-refractivity contribution is -0.137. The van der Waals surface area contributed by atoms with Gasteiger partial charge in [-0.25, -0.2) is 0 Å². The van der Waals surface area contributed by atoms with Crippen LogP contribution in [-0.2, 0) is 6.18 Å². The smallest absolute Gasteiger partial charge is 0.309 e. The van der Waals surface area contributed by atoms with Crippen LogP contribution in [0, 0.1) is 0 Å². The van der Waals surface area contributed by atoms with Crippen molar-refractivity contribution >= 4 is 11.8 Å². The fraction of sp³-hybridized carbons (Fsp3) is 0.600. The van der Waals surface area contributed by atoms with E-state index in [-0.39, 0.29) is 6.04 Å². The number of halogens is 3. The van der Waals surface area contributed by atoms with Crippen LogP contribution in [0.1, 0.15) is 43.9 Å². The molecule has 0 heterocycles. The van der Waals surface area contributed by atoms with E-state index in [1.54, 1.807) is 17.8 Å². The van der Waals surface area contributed by atoms with E-state index in [0.717, 1.165) is 42.5 Å². The highest BCUT2D eigenvalue weighted by molar-refractivity contribution is 7.99. The van der Waals surface area contributed by atoms with Crippen molar-refractivity contribution in [2.45, 2.75) is 38.9 Å². The number of nitrogens with one attached hydrogen (secondary N) is 1. The molecule has 0 saturated carbocycles. The van der Waals surface area contributed by atoms with Gasteiger partial charge in [0.25, 0.3) is 0 Å². The molecular weight excluding hydrogens is 283 g/mol. The lowest BCUT2D eigenvalue weighted by Gasteiger charge is -2.20. The van der Waals surface area contributed by atoms with Gasteiger partial charge in [-0.15, -0.1) is 0 Å². The summed E-state index contributed by atoms with van der Waals surface area (Å²) in [5, 5.41) is 3.34. The van der Waals surface area contributed by atoms with Gasteiger partial charge < -0.3 is 5.32 Å². The first-order valence-corrected chi connectivity index (χ1v) is 8.12. The maximum Gasteiger partial charge on any atom is 0.416 e. The van der Waals surface area contributed by atoms with Crippen LogP contribution in [0.5, 0.6) is 0 Å². The summed E-state index contributed by atoms with van der Waals surface area (Å²) < 4.78 is 38.3. The van der Waals surface area contributed by atoms with Gasteiger partial charge in [0.2, 0.25) is 0 Å². The summed E-state index contributed by atoms with van der Waals surface area (Å²) in [6, 6.07) is 5.63. The number of alkyl halides is 3. The van der Waals surface area contributed by atoms with E-state index in [4.69, 9.17) is 0 Å². The Morgan fingerprint density at radius 2 is 1.95 bits per heavy atom. The Bertz CT molecular complexity index is 393. The average molecular weight is 305 g/mol. The minimum atomic E-state index is -4.28. The van der Waals surface area contributed by atoms with Gasteiger partial charge in [0, 0.05) is 11.8 Å².